The topological polar surface area (TPSA) is 99.6 Å². The van der Waals surface area contributed by atoms with Gasteiger partial charge in [0.05, 0.1) is 46.7 Å². The van der Waals surface area contributed by atoms with Gasteiger partial charge in [-0.25, -0.2) is 18.3 Å². The van der Waals surface area contributed by atoms with Crippen LogP contribution in [-0.2, 0) is 26.2 Å². The second kappa shape index (κ2) is 11.1. The van der Waals surface area contributed by atoms with Crippen LogP contribution in [0.25, 0.3) is 11.3 Å². The molecule has 0 amide bonds. The van der Waals surface area contributed by atoms with Crippen molar-refractivity contribution >= 4 is 11.0 Å². The van der Waals surface area contributed by atoms with Gasteiger partial charge in [-0.05, 0) is 45.7 Å². The normalized spacial score (nSPS) is 17.5. The van der Waals surface area contributed by atoms with E-state index in [-0.39, 0.29) is 11.9 Å². The second-order valence-electron chi connectivity index (χ2n) is 9.53. The quantitative estimate of drug-likeness (QED) is 0.348. The number of hydrogen-bond acceptors (Lipinski definition) is 7. The van der Waals surface area contributed by atoms with Gasteiger partial charge in [0.25, 0.3) is 0 Å². The number of nitrogens with one attached hydrogen (secondary N) is 1. The van der Waals surface area contributed by atoms with Crippen LogP contribution < -0.4 is 4.72 Å². The minimum atomic E-state index is -1.33. The van der Waals surface area contributed by atoms with E-state index in [0.717, 1.165) is 19.3 Å². The first-order valence-electron chi connectivity index (χ1n) is 11.9. The first kappa shape index (κ1) is 25.7. The molecule has 0 spiro atoms. The molecule has 3 aromatic rings. The van der Waals surface area contributed by atoms with Crippen molar-refractivity contribution in [3.8, 4) is 11.3 Å². The van der Waals surface area contributed by atoms with Crippen molar-refractivity contribution in [1.29, 1.82) is 0 Å². The zero-order valence-electron chi connectivity index (χ0n) is 20.3. The highest BCUT2D eigenvalue weighted by atomic mass is 32.2. The van der Waals surface area contributed by atoms with Gasteiger partial charge in [-0.2, -0.15) is 0 Å². The van der Waals surface area contributed by atoms with Crippen LogP contribution >= 0.6 is 0 Å². The second-order valence-corrected chi connectivity index (χ2v) is 11.5. The average molecular weight is 506 g/mol. The Morgan fingerprint density at radius 2 is 1.91 bits per heavy atom. The number of benzene rings is 1. The number of rotatable bonds is 11. The zero-order valence-corrected chi connectivity index (χ0v) is 21.1. The number of oxazole rings is 1. The lowest BCUT2D eigenvalue weighted by molar-refractivity contribution is -0.175. The lowest BCUT2D eigenvalue weighted by atomic mass is 10.0. The third kappa shape index (κ3) is 6.24. The number of halogens is 1. The summed E-state index contributed by atoms with van der Waals surface area (Å²) in [7, 11) is -1.33. The van der Waals surface area contributed by atoms with E-state index < -0.39 is 21.5 Å². The smallest absolute Gasteiger partial charge is 0.215 e. The van der Waals surface area contributed by atoms with E-state index in [1.807, 2.05) is 20.8 Å². The molecule has 0 bridgehead atoms. The largest absolute Gasteiger partial charge is 0.439 e. The predicted octanol–water partition coefficient (Wildman–Crippen LogP) is 5.41. The molecule has 1 aromatic carbocycles. The monoisotopic (exact) mass is 505 g/mol. The molecule has 0 aliphatic carbocycles. The van der Waals surface area contributed by atoms with Crippen LogP contribution in [0.1, 0.15) is 70.5 Å². The minimum Gasteiger partial charge on any atom is -0.439 e. The summed E-state index contributed by atoms with van der Waals surface area (Å²) in [5.74, 6) is -0.496. The van der Waals surface area contributed by atoms with Crippen LogP contribution in [0.2, 0.25) is 0 Å². The molecule has 1 fully saturated rings. The van der Waals surface area contributed by atoms with Gasteiger partial charge in [0, 0.05) is 12.5 Å². The highest BCUT2D eigenvalue weighted by molar-refractivity contribution is 7.84. The Kier molecular flexibility index (Phi) is 8.16. The van der Waals surface area contributed by atoms with Crippen molar-refractivity contribution in [3.05, 3.63) is 60.2 Å². The minimum absolute atomic E-state index is 0.344. The van der Waals surface area contributed by atoms with Crippen LogP contribution in [0.5, 0.6) is 0 Å². The van der Waals surface area contributed by atoms with Crippen LogP contribution in [0.3, 0.4) is 0 Å². The fourth-order valence-corrected chi connectivity index (χ4v) is 4.77. The van der Waals surface area contributed by atoms with Crippen LogP contribution in [-0.4, -0.2) is 32.3 Å². The average Bonchev–Trinajstić information content (AvgIpc) is 3.60. The molecule has 190 valence electrons. The van der Waals surface area contributed by atoms with E-state index in [4.69, 9.17) is 18.4 Å². The molecule has 1 unspecified atom stereocenters. The highest BCUT2D eigenvalue weighted by Crippen LogP contribution is 2.36. The summed E-state index contributed by atoms with van der Waals surface area (Å²) < 4.78 is 52.4. The molecule has 1 aliphatic rings. The van der Waals surface area contributed by atoms with Gasteiger partial charge in [0.2, 0.25) is 11.7 Å². The third-order valence-corrected chi connectivity index (χ3v) is 7.46. The summed E-state index contributed by atoms with van der Waals surface area (Å²) in [6.45, 7) is 6.74. The number of hydrogen-bond donors (Lipinski definition) is 1. The Morgan fingerprint density at radius 1 is 1.14 bits per heavy atom. The summed E-state index contributed by atoms with van der Waals surface area (Å²) in [5, 5.41) is 4.01. The van der Waals surface area contributed by atoms with E-state index in [1.165, 1.54) is 18.5 Å². The molecule has 2 atom stereocenters. The molecule has 3 heterocycles. The van der Waals surface area contributed by atoms with Crippen LogP contribution in [0.4, 0.5) is 4.39 Å². The lowest BCUT2D eigenvalue weighted by Gasteiger charge is -2.25. The number of unbranched alkanes of at least 4 members (excludes halogenated alkanes) is 2. The van der Waals surface area contributed by atoms with Crippen LogP contribution in [0, 0.1) is 5.82 Å². The molecule has 2 aromatic heterocycles. The molecule has 0 saturated carbocycles. The fourth-order valence-electron chi connectivity index (χ4n) is 3.94. The Labute approximate surface area is 207 Å². The van der Waals surface area contributed by atoms with Gasteiger partial charge < -0.3 is 18.4 Å². The maximum absolute atomic E-state index is 14.2. The molecule has 8 nitrogen and oxygen atoms in total. The molecular formula is C25H32FN3O5S. The van der Waals surface area contributed by atoms with Crippen molar-refractivity contribution in [2.75, 3.05) is 13.2 Å². The Hall–Kier alpha value is -2.40. The van der Waals surface area contributed by atoms with Gasteiger partial charge in [0.1, 0.15) is 17.8 Å². The number of nitrogens with zero attached hydrogens (tertiary/aromatic N) is 2. The summed E-state index contributed by atoms with van der Waals surface area (Å²) in [4.78, 5) is 4.39. The standard InChI is InChI=1S/C25H32FN3O5S/c1-24(2,3)35(30)29-20(23-27-17-21(34-23)18-9-6-7-10-19(18)26)11-5-4-8-13-25(31-15-16-32-25)22-12-14-33-28-22/h6-7,9-10,12,14,17,20,29H,4-5,8,11,13,15-16H2,1-3H3/t20-,35?/m0/s1. The Morgan fingerprint density at radius 3 is 2.60 bits per heavy atom. The Balaban J connectivity index is 1.39. The van der Waals surface area contributed by atoms with Crippen molar-refractivity contribution in [2.24, 2.45) is 0 Å². The Bertz CT molecular complexity index is 1110. The predicted molar refractivity (Wildman–Crippen MR) is 129 cm³/mol. The van der Waals surface area contributed by atoms with Gasteiger partial charge in [0.15, 0.2) is 5.76 Å². The molecule has 1 saturated heterocycles. The summed E-state index contributed by atoms with van der Waals surface area (Å²) in [6.07, 6.45) is 6.88. The summed E-state index contributed by atoms with van der Waals surface area (Å²) >= 11 is 0. The first-order chi connectivity index (χ1) is 16.8. The summed E-state index contributed by atoms with van der Waals surface area (Å²) in [6, 6.07) is 7.79. The highest BCUT2D eigenvalue weighted by Gasteiger charge is 2.40. The van der Waals surface area contributed by atoms with E-state index in [0.29, 0.717) is 49.0 Å². The van der Waals surface area contributed by atoms with Crippen molar-refractivity contribution in [3.63, 3.8) is 0 Å². The van der Waals surface area contributed by atoms with E-state index in [1.54, 1.807) is 24.3 Å². The molecule has 1 N–H and O–H groups in total. The zero-order chi connectivity index (χ0) is 24.9. The molecular weight excluding hydrogens is 473 g/mol. The molecule has 1 aliphatic heterocycles. The third-order valence-electron chi connectivity index (χ3n) is 5.85. The number of aromatic nitrogens is 2. The van der Waals surface area contributed by atoms with Gasteiger partial charge in [-0.1, -0.05) is 30.1 Å². The van der Waals surface area contributed by atoms with Gasteiger partial charge in [-0.3, -0.25) is 0 Å². The van der Waals surface area contributed by atoms with Crippen LogP contribution in [0.15, 0.2) is 51.7 Å². The van der Waals surface area contributed by atoms with Gasteiger partial charge in [-0.15, -0.1) is 0 Å². The van der Waals surface area contributed by atoms with E-state index >= 15 is 0 Å². The van der Waals surface area contributed by atoms with Crippen molar-refractivity contribution < 1.29 is 27.0 Å². The maximum Gasteiger partial charge on any atom is 0.215 e. The van der Waals surface area contributed by atoms with Gasteiger partial charge >= 0.3 is 0 Å². The maximum atomic E-state index is 14.2. The fraction of sp³-hybridized carbons (Fsp3) is 0.520. The lowest BCUT2D eigenvalue weighted by Crippen LogP contribution is -2.36. The van der Waals surface area contributed by atoms with Crippen molar-refractivity contribution in [1.82, 2.24) is 14.9 Å². The van der Waals surface area contributed by atoms with E-state index in [9.17, 15) is 8.60 Å². The molecule has 4 rings (SSSR count). The molecule has 35 heavy (non-hydrogen) atoms. The SMILES string of the molecule is CC(C)(C)S(=O)N[C@@H](CCCCCC1(c2ccon2)OCCO1)c1ncc(-c2ccccc2F)o1. The first-order valence-corrected chi connectivity index (χ1v) is 13.0. The molecule has 10 heteroatoms. The van der Waals surface area contributed by atoms with Crippen molar-refractivity contribution in [2.45, 2.75) is 69.5 Å². The summed E-state index contributed by atoms with van der Waals surface area (Å²) in [5.41, 5.74) is 0.993. The molecule has 0 radical (unpaired) electrons. The number of ether oxygens (including phenoxy) is 2. The van der Waals surface area contributed by atoms with E-state index in [2.05, 4.69) is 14.9 Å².